The zero-order valence-corrected chi connectivity index (χ0v) is 14.3. The van der Waals surface area contributed by atoms with Gasteiger partial charge in [-0.15, -0.1) is 0 Å². The summed E-state index contributed by atoms with van der Waals surface area (Å²) < 4.78 is 0. The summed E-state index contributed by atoms with van der Waals surface area (Å²) in [7, 11) is 2.62. The first-order valence-corrected chi connectivity index (χ1v) is 7.71. The molecular weight excluding hydrogens is 338 g/mol. The van der Waals surface area contributed by atoms with Crippen LogP contribution in [0.25, 0.3) is 11.1 Å². The van der Waals surface area contributed by atoms with Gasteiger partial charge in [-0.3, -0.25) is 19.6 Å². The molecule has 0 aliphatic rings. The van der Waals surface area contributed by atoms with Gasteiger partial charge in [-0.2, -0.15) is 0 Å². The Balaban J connectivity index is 2.24. The second-order valence-corrected chi connectivity index (χ2v) is 5.53. The highest BCUT2D eigenvalue weighted by Crippen LogP contribution is 2.22. The van der Waals surface area contributed by atoms with Crippen LogP contribution >= 0.6 is 0 Å². The minimum Gasteiger partial charge on any atom is -0.508 e. The van der Waals surface area contributed by atoms with Gasteiger partial charge in [0.1, 0.15) is 5.75 Å². The average Bonchev–Trinajstić information content (AvgIpc) is 2.67. The average molecular weight is 357 g/mol. The normalized spacial score (nSPS) is 11.3. The molecule has 2 rings (SSSR count). The molecular formula is C18H19N3O5. The molecule has 0 saturated heterocycles. The summed E-state index contributed by atoms with van der Waals surface area (Å²) in [5.74, 6) is -2.14. The van der Waals surface area contributed by atoms with Crippen LogP contribution in [-0.4, -0.2) is 53.1 Å². The van der Waals surface area contributed by atoms with Crippen molar-refractivity contribution in [3.8, 4) is 16.9 Å². The first kappa shape index (κ1) is 18.9. The van der Waals surface area contributed by atoms with Gasteiger partial charge in [-0.05, 0) is 35.4 Å². The third-order valence-corrected chi connectivity index (χ3v) is 3.89. The summed E-state index contributed by atoms with van der Waals surface area (Å²) >= 11 is 0. The summed E-state index contributed by atoms with van der Waals surface area (Å²) in [6.07, 6.45) is 0. The van der Waals surface area contributed by atoms with Crippen LogP contribution < -0.4 is 10.8 Å². The minimum absolute atomic E-state index is 0.157. The van der Waals surface area contributed by atoms with Crippen LogP contribution in [0, 0.1) is 0 Å². The second-order valence-electron chi connectivity index (χ2n) is 5.53. The highest BCUT2D eigenvalue weighted by atomic mass is 16.5. The maximum Gasteiger partial charge on any atom is 0.275 e. The molecule has 1 atom stereocenters. The number of nitrogens with zero attached hydrogens (tertiary/aromatic N) is 1. The number of hydrogen-bond acceptors (Lipinski definition) is 5. The van der Waals surface area contributed by atoms with E-state index in [-0.39, 0.29) is 11.3 Å². The fourth-order valence-electron chi connectivity index (χ4n) is 2.45. The van der Waals surface area contributed by atoms with E-state index < -0.39 is 23.8 Å². The molecule has 0 radical (unpaired) electrons. The van der Waals surface area contributed by atoms with E-state index in [9.17, 15) is 19.5 Å². The van der Waals surface area contributed by atoms with Crippen molar-refractivity contribution >= 4 is 17.7 Å². The standard InChI is InChI=1S/C18H19N3O5/c1-19-16(23)15(17(24)20-26)21(2)18(25)13-5-3-11(4-6-13)12-7-9-14(22)10-8-12/h3-10,15,22,26H,1-2H3,(H,19,23)(H,20,24). The van der Waals surface area contributed by atoms with Crippen LogP contribution in [-0.2, 0) is 9.59 Å². The molecule has 0 aliphatic heterocycles. The molecule has 0 bridgehead atoms. The number of amides is 3. The van der Waals surface area contributed by atoms with E-state index in [1.807, 2.05) is 0 Å². The van der Waals surface area contributed by atoms with Crippen LogP contribution in [0.5, 0.6) is 5.75 Å². The molecule has 3 amide bonds. The maximum atomic E-state index is 12.6. The summed E-state index contributed by atoms with van der Waals surface area (Å²) in [6, 6.07) is 11.7. The third kappa shape index (κ3) is 3.98. The summed E-state index contributed by atoms with van der Waals surface area (Å²) in [4.78, 5) is 37.1. The van der Waals surface area contributed by atoms with E-state index in [4.69, 9.17) is 5.21 Å². The number of nitrogens with one attached hydrogen (secondary N) is 2. The van der Waals surface area contributed by atoms with Gasteiger partial charge in [0.2, 0.25) is 0 Å². The Morgan fingerprint density at radius 1 is 0.923 bits per heavy atom. The van der Waals surface area contributed by atoms with E-state index in [0.29, 0.717) is 0 Å². The van der Waals surface area contributed by atoms with E-state index >= 15 is 0 Å². The Labute approximate surface area is 150 Å². The molecule has 8 heteroatoms. The van der Waals surface area contributed by atoms with Crippen LogP contribution in [0.1, 0.15) is 10.4 Å². The predicted octanol–water partition coefficient (Wildman–Crippen LogP) is 0.751. The van der Waals surface area contributed by atoms with Gasteiger partial charge in [0.05, 0.1) is 0 Å². The number of carbonyl (C=O) groups excluding carboxylic acids is 3. The Bertz CT molecular complexity index is 787. The monoisotopic (exact) mass is 357 g/mol. The highest BCUT2D eigenvalue weighted by Gasteiger charge is 2.33. The molecule has 8 nitrogen and oxygen atoms in total. The van der Waals surface area contributed by atoms with Crippen LogP contribution in [0.2, 0.25) is 0 Å². The Hall–Kier alpha value is -3.39. The zero-order chi connectivity index (χ0) is 19.3. The number of likely N-dealkylation sites (N-methyl/N-ethyl adjacent to an activating group) is 2. The number of hydrogen-bond donors (Lipinski definition) is 4. The van der Waals surface area contributed by atoms with Crippen molar-refractivity contribution in [2.45, 2.75) is 6.04 Å². The molecule has 136 valence electrons. The lowest BCUT2D eigenvalue weighted by atomic mass is 10.0. The van der Waals surface area contributed by atoms with Crippen molar-refractivity contribution in [1.29, 1.82) is 0 Å². The van der Waals surface area contributed by atoms with E-state index in [1.165, 1.54) is 19.6 Å². The smallest absolute Gasteiger partial charge is 0.275 e. The second kappa shape index (κ2) is 8.13. The number of aromatic hydroxyl groups is 1. The molecule has 0 aromatic heterocycles. The molecule has 2 aromatic carbocycles. The molecule has 2 aromatic rings. The molecule has 26 heavy (non-hydrogen) atoms. The van der Waals surface area contributed by atoms with E-state index in [2.05, 4.69) is 5.32 Å². The van der Waals surface area contributed by atoms with E-state index in [0.717, 1.165) is 16.0 Å². The number of benzene rings is 2. The van der Waals surface area contributed by atoms with Gasteiger partial charge in [0, 0.05) is 19.7 Å². The molecule has 0 spiro atoms. The molecule has 1 unspecified atom stereocenters. The van der Waals surface area contributed by atoms with Gasteiger partial charge in [0.25, 0.3) is 17.7 Å². The van der Waals surface area contributed by atoms with Crippen LogP contribution in [0.3, 0.4) is 0 Å². The van der Waals surface area contributed by atoms with Gasteiger partial charge in [-0.1, -0.05) is 24.3 Å². The quantitative estimate of drug-likeness (QED) is 0.358. The molecule has 4 N–H and O–H groups in total. The summed E-state index contributed by atoms with van der Waals surface area (Å²) in [5.41, 5.74) is 3.35. The number of rotatable bonds is 5. The van der Waals surface area contributed by atoms with Crippen LogP contribution in [0.4, 0.5) is 0 Å². The van der Waals surface area contributed by atoms with Crippen molar-refractivity contribution in [1.82, 2.24) is 15.7 Å². The lowest BCUT2D eigenvalue weighted by Gasteiger charge is -2.25. The van der Waals surface area contributed by atoms with Crippen molar-refractivity contribution in [2.75, 3.05) is 14.1 Å². The topological polar surface area (TPSA) is 119 Å². The SMILES string of the molecule is CNC(=O)C(C(=O)NO)N(C)C(=O)c1ccc(-c2ccc(O)cc2)cc1. The number of hydroxylamine groups is 1. The zero-order valence-electron chi connectivity index (χ0n) is 14.3. The lowest BCUT2D eigenvalue weighted by molar-refractivity contribution is -0.140. The highest BCUT2D eigenvalue weighted by molar-refractivity contribution is 6.08. The van der Waals surface area contributed by atoms with Gasteiger partial charge >= 0.3 is 0 Å². The van der Waals surface area contributed by atoms with Crippen molar-refractivity contribution in [2.24, 2.45) is 0 Å². The van der Waals surface area contributed by atoms with Crippen LogP contribution in [0.15, 0.2) is 48.5 Å². The molecule has 0 saturated carbocycles. The van der Waals surface area contributed by atoms with E-state index in [1.54, 1.807) is 48.5 Å². The van der Waals surface area contributed by atoms with Crippen molar-refractivity contribution in [3.05, 3.63) is 54.1 Å². The Morgan fingerprint density at radius 3 is 1.88 bits per heavy atom. The summed E-state index contributed by atoms with van der Waals surface area (Å²) in [6.45, 7) is 0. The minimum atomic E-state index is -1.51. The Morgan fingerprint density at radius 2 is 1.42 bits per heavy atom. The first-order chi connectivity index (χ1) is 12.4. The predicted molar refractivity (Wildman–Crippen MR) is 93.4 cm³/mol. The van der Waals surface area contributed by atoms with Crippen molar-refractivity contribution < 1.29 is 24.7 Å². The Kier molecular flexibility index (Phi) is 5.92. The molecule has 0 aliphatic carbocycles. The number of carbonyl (C=O) groups is 3. The first-order valence-electron chi connectivity index (χ1n) is 7.71. The van der Waals surface area contributed by atoms with Crippen molar-refractivity contribution in [3.63, 3.8) is 0 Å². The fraction of sp³-hybridized carbons (Fsp3) is 0.167. The van der Waals surface area contributed by atoms with Gasteiger partial charge in [-0.25, -0.2) is 5.48 Å². The van der Waals surface area contributed by atoms with Gasteiger partial charge in [0.15, 0.2) is 6.04 Å². The number of phenols is 1. The molecule has 0 fully saturated rings. The molecule has 0 heterocycles. The maximum absolute atomic E-state index is 12.6. The fourth-order valence-corrected chi connectivity index (χ4v) is 2.45. The summed E-state index contributed by atoms with van der Waals surface area (Å²) in [5, 5.41) is 20.4. The lowest BCUT2D eigenvalue weighted by Crippen LogP contribution is -2.54. The largest absolute Gasteiger partial charge is 0.508 e. The number of phenolic OH excluding ortho intramolecular Hbond substituents is 1. The van der Waals surface area contributed by atoms with Gasteiger partial charge < -0.3 is 15.3 Å². The third-order valence-electron chi connectivity index (χ3n) is 3.89.